The lowest BCUT2D eigenvalue weighted by Gasteiger charge is -2.32. The molecule has 0 bridgehead atoms. The standard InChI is InChI=1S/C16H23BrN2O/c1-12-3-4-15(17)14(11-12)16(20)19-9-6-13(7-10-19)5-8-18-2/h3-4,11,13,18H,5-10H2,1-2H3. The summed E-state index contributed by atoms with van der Waals surface area (Å²) in [6, 6.07) is 5.95. The quantitative estimate of drug-likeness (QED) is 0.914. The van der Waals surface area contributed by atoms with Crippen LogP contribution < -0.4 is 5.32 Å². The molecule has 4 heteroatoms. The van der Waals surface area contributed by atoms with Crippen LogP contribution >= 0.6 is 15.9 Å². The summed E-state index contributed by atoms with van der Waals surface area (Å²) in [7, 11) is 1.99. The van der Waals surface area contributed by atoms with Gasteiger partial charge < -0.3 is 10.2 Å². The van der Waals surface area contributed by atoms with Gasteiger partial charge >= 0.3 is 0 Å². The molecule has 1 saturated heterocycles. The molecule has 0 aromatic heterocycles. The molecule has 1 heterocycles. The first-order valence-electron chi connectivity index (χ1n) is 7.32. The van der Waals surface area contributed by atoms with Crippen molar-refractivity contribution in [3.8, 4) is 0 Å². The molecular weight excluding hydrogens is 316 g/mol. The first-order valence-corrected chi connectivity index (χ1v) is 8.11. The number of nitrogens with one attached hydrogen (secondary N) is 1. The summed E-state index contributed by atoms with van der Waals surface area (Å²) in [5.74, 6) is 0.917. The Labute approximate surface area is 129 Å². The van der Waals surface area contributed by atoms with E-state index in [-0.39, 0.29) is 5.91 Å². The van der Waals surface area contributed by atoms with Crippen LogP contribution in [0.15, 0.2) is 22.7 Å². The van der Waals surface area contributed by atoms with E-state index in [0.717, 1.165) is 54.0 Å². The Morgan fingerprint density at radius 2 is 2.10 bits per heavy atom. The highest BCUT2D eigenvalue weighted by molar-refractivity contribution is 9.10. The first-order chi connectivity index (χ1) is 9.61. The van der Waals surface area contributed by atoms with Crippen LogP contribution in [0.5, 0.6) is 0 Å². The average molecular weight is 339 g/mol. The zero-order valence-corrected chi connectivity index (χ0v) is 13.9. The number of benzene rings is 1. The van der Waals surface area contributed by atoms with Crippen molar-refractivity contribution >= 4 is 21.8 Å². The summed E-state index contributed by atoms with van der Waals surface area (Å²) in [4.78, 5) is 14.6. The lowest BCUT2D eigenvalue weighted by molar-refractivity contribution is 0.0686. The molecule has 0 radical (unpaired) electrons. The lowest BCUT2D eigenvalue weighted by Crippen LogP contribution is -2.39. The molecule has 1 aromatic rings. The van der Waals surface area contributed by atoms with E-state index in [4.69, 9.17) is 0 Å². The summed E-state index contributed by atoms with van der Waals surface area (Å²) in [5.41, 5.74) is 1.92. The molecule has 0 atom stereocenters. The van der Waals surface area contributed by atoms with Gasteiger partial charge in [-0.05, 0) is 73.8 Å². The molecule has 1 aromatic carbocycles. The molecule has 1 aliphatic rings. The lowest BCUT2D eigenvalue weighted by atomic mass is 9.93. The average Bonchev–Trinajstić information content (AvgIpc) is 2.47. The number of hydrogen-bond donors (Lipinski definition) is 1. The van der Waals surface area contributed by atoms with Crippen molar-refractivity contribution in [1.82, 2.24) is 10.2 Å². The van der Waals surface area contributed by atoms with Gasteiger partial charge in [-0.25, -0.2) is 0 Å². The summed E-state index contributed by atoms with van der Waals surface area (Å²) in [6.45, 7) is 4.86. The predicted molar refractivity (Wildman–Crippen MR) is 86.1 cm³/mol. The monoisotopic (exact) mass is 338 g/mol. The first kappa shape index (κ1) is 15.5. The van der Waals surface area contributed by atoms with Gasteiger partial charge in [-0.1, -0.05) is 11.6 Å². The zero-order chi connectivity index (χ0) is 14.5. The molecule has 1 fully saturated rings. The highest BCUT2D eigenvalue weighted by atomic mass is 79.9. The number of amides is 1. The van der Waals surface area contributed by atoms with Crippen molar-refractivity contribution in [2.75, 3.05) is 26.7 Å². The maximum atomic E-state index is 12.6. The van der Waals surface area contributed by atoms with Crippen LogP contribution in [0, 0.1) is 12.8 Å². The third-order valence-electron chi connectivity index (χ3n) is 4.06. The molecule has 1 N–H and O–H groups in total. The van der Waals surface area contributed by atoms with Gasteiger partial charge in [-0.2, -0.15) is 0 Å². The van der Waals surface area contributed by atoms with Crippen LogP contribution in [0.4, 0.5) is 0 Å². The number of aryl methyl sites for hydroxylation is 1. The molecule has 0 aliphatic carbocycles. The van der Waals surface area contributed by atoms with E-state index in [9.17, 15) is 4.79 Å². The molecule has 2 rings (SSSR count). The van der Waals surface area contributed by atoms with Crippen LogP contribution in [0.3, 0.4) is 0 Å². The Morgan fingerprint density at radius 1 is 1.40 bits per heavy atom. The second kappa shape index (κ2) is 7.23. The number of hydrogen-bond acceptors (Lipinski definition) is 2. The van der Waals surface area contributed by atoms with E-state index in [2.05, 4.69) is 21.2 Å². The van der Waals surface area contributed by atoms with E-state index in [1.807, 2.05) is 37.1 Å². The van der Waals surface area contributed by atoms with Crippen LogP contribution in [-0.4, -0.2) is 37.5 Å². The van der Waals surface area contributed by atoms with Gasteiger partial charge in [-0.3, -0.25) is 4.79 Å². The molecular formula is C16H23BrN2O. The second-order valence-corrected chi connectivity index (χ2v) is 6.47. The predicted octanol–water partition coefficient (Wildman–Crippen LogP) is 3.22. The summed E-state index contributed by atoms with van der Waals surface area (Å²) < 4.78 is 0.894. The fraction of sp³-hybridized carbons (Fsp3) is 0.562. The number of nitrogens with zero attached hydrogens (tertiary/aromatic N) is 1. The van der Waals surface area contributed by atoms with Crippen molar-refractivity contribution in [2.45, 2.75) is 26.2 Å². The third-order valence-corrected chi connectivity index (χ3v) is 4.75. The van der Waals surface area contributed by atoms with Crippen molar-refractivity contribution in [2.24, 2.45) is 5.92 Å². The van der Waals surface area contributed by atoms with Gasteiger partial charge in [-0.15, -0.1) is 0 Å². The Kier molecular flexibility index (Phi) is 5.61. The van der Waals surface area contributed by atoms with E-state index < -0.39 is 0 Å². The van der Waals surface area contributed by atoms with E-state index >= 15 is 0 Å². The molecule has 1 amide bonds. The van der Waals surface area contributed by atoms with Crippen LogP contribution in [0.25, 0.3) is 0 Å². The van der Waals surface area contributed by atoms with E-state index in [0.29, 0.717) is 0 Å². The second-order valence-electron chi connectivity index (χ2n) is 5.61. The maximum absolute atomic E-state index is 12.6. The molecule has 3 nitrogen and oxygen atoms in total. The minimum absolute atomic E-state index is 0.160. The van der Waals surface area contributed by atoms with Gasteiger partial charge in [0, 0.05) is 17.6 Å². The Hall–Kier alpha value is -0.870. The minimum Gasteiger partial charge on any atom is -0.339 e. The Balaban J connectivity index is 1.96. The van der Waals surface area contributed by atoms with E-state index in [1.54, 1.807) is 0 Å². The molecule has 1 aliphatic heterocycles. The normalized spacial score (nSPS) is 16.4. The summed E-state index contributed by atoms with van der Waals surface area (Å²) in [6.07, 6.45) is 3.46. The van der Waals surface area contributed by atoms with Gasteiger partial charge in [0.15, 0.2) is 0 Å². The maximum Gasteiger partial charge on any atom is 0.255 e. The Morgan fingerprint density at radius 3 is 2.75 bits per heavy atom. The SMILES string of the molecule is CNCCC1CCN(C(=O)c2cc(C)ccc2Br)CC1. The number of likely N-dealkylation sites (tertiary alicyclic amines) is 1. The molecule has 110 valence electrons. The largest absolute Gasteiger partial charge is 0.339 e. The van der Waals surface area contributed by atoms with Crippen molar-refractivity contribution in [3.63, 3.8) is 0 Å². The molecule has 0 unspecified atom stereocenters. The third kappa shape index (κ3) is 3.83. The van der Waals surface area contributed by atoms with Crippen LogP contribution in [0.1, 0.15) is 35.2 Å². The summed E-state index contributed by atoms with van der Waals surface area (Å²) in [5, 5.41) is 3.20. The number of carbonyl (C=O) groups is 1. The minimum atomic E-state index is 0.160. The molecule has 20 heavy (non-hydrogen) atoms. The number of carbonyl (C=O) groups excluding carboxylic acids is 1. The summed E-state index contributed by atoms with van der Waals surface area (Å²) >= 11 is 3.49. The van der Waals surface area contributed by atoms with Crippen LogP contribution in [0.2, 0.25) is 0 Å². The smallest absolute Gasteiger partial charge is 0.255 e. The highest BCUT2D eigenvalue weighted by Crippen LogP contribution is 2.24. The number of halogens is 1. The van der Waals surface area contributed by atoms with Crippen LogP contribution in [-0.2, 0) is 0 Å². The molecule has 0 saturated carbocycles. The van der Waals surface area contributed by atoms with Crippen molar-refractivity contribution in [3.05, 3.63) is 33.8 Å². The van der Waals surface area contributed by atoms with Gasteiger partial charge in [0.1, 0.15) is 0 Å². The van der Waals surface area contributed by atoms with Crippen molar-refractivity contribution < 1.29 is 4.79 Å². The number of rotatable bonds is 4. The Bertz CT molecular complexity index is 468. The number of piperidine rings is 1. The van der Waals surface area contributed by atoms with Gasteiger partial charge in [0.05, 0.1) is 5.56 Å². The van der Waals surface area contributed by atoms with Crippen molar-refractivity contribution in [1.29, 1.82) is 0 Å². The fourth-order valence-corrected chi connectivity index (χ4v) is 3.16. The van der Waals surface area contributed by atoms with Gasteiger partial charge in [0.25, 0.3) is 5.91 Å². The fourth-order valence-electron chi connectivity index (χ4n) is 2.75. The van der Waals surface area contributed by atoms with Gasteiger partial charge in [0.2, 0.25) is 0 Å². The zero-order valence-electron chi connectivity index (χ0n) is 12.3. The topological polar surface area (TPSA) is 32.3 Å². The highest BCUT2D eigenvalue weighted by Gasteiger charge is 2.24. The van der Waals surface area contributed by atoms with E-state index in [1.165, 1.54) is 6.42 Å². The molecule has 0 spiro atoms.